The van der Waals surface area contributed by atoms with Gasteiger partial charge in [0.2, 0.25) is 5.89 Å². The molecule has 0 saturated heterocycles. The molecule has 1 aromatic heterocycles. The second-order valence-electron chi connectivity index (χ2n) is 6.87. The number of amides is 1. The molecule has 1 heterocycles. The first-order chi connectivity index (χ1) is 16.0. The van der Waals surface area contributed by atoms with Gasteiger partial charge in [0.15, 0.2) is 5.58 Å². The minimum absolute atomic E-state index is 0.0943. The number of carbonyl (C=O) groups excluding carboxylic acids is 1. The number of methoxy groups -OCH3 is 1. The van der Waals surface area contributed by atoms with Gasteiger partial charge in [-0.05, 0) is 42.0 Å². The quantitative estimate of drug-likeness (QED) is 0.194. The van der Waals surface area contributed by atoms with E-state index in [1.807, 2.05) is 6.07 Å². The fourth-order valence-corrected chi connectivity index (χ4v) is 3.13. The molecule has 0 fully saturated rings. The zero-order chi connectivity index (χ0) is 23.4. The zero-order valence-corrected chi connectivity index (χ0v) is 17.3. The molecule has 9 heteroatoms. The van der Waals surface area contributed by atoms with Crippen LogP contribution in [0.3, 0.4) is 0 Å². The van der Waals surface area contributed by atoms with Gasteiger partial charge in [-0.2, -0.15) is 5.26 Å². The average molecular weight is 440 g/mol. The van der Waals surface area contributed by atoms with Crippen molar-refractivity contribution in [2.75, 3.05) is 12.4 Å². The van der Waals surface area contributed by atoms with Crippen LogP contribution in [0, 0.1) is 21.4 Å². The van der Waals surface area contributed by atoms with E-state index in [9.17, 15) is 20.2 Å². The molecule has 1 N–H and O–H groups in total. The number of benzene rings is 3. The van der Waals surface area contributed by atoms with Crippen LogP contribution in [0.5, 0.6) is 5.75 Å². The van der Waals surface area contributed by atoms with Gasteiger partial charge in [0.25, 0.3) is 11.6 Å². The molecule has 0 aliphatic carbocycles. The van der Waals surface area contributed by atoms with Crippen molar-refractivity contribution in [3.63, 3.8) is 0 Å². The standard InChI is InChI=1S/C24H16N4O5/c1-32-18-9-6-15(7-10-18)12-16(14-25)23(29)26-20-5-3-2-4-19(20)24-27-21-11-8-17(28(30)31)13-22(21)33-24/h2-13H,1H3,(H,26,29). The number of rotatable bonds is 6. The summed E-state index contributed by atoms with van der Waals surface area (Å²) in [6, 6.07) is 19.7. The molecule has 162 valence electrons. The molecule has 0 saturated carbocycles. The fraction of sp³-hybridized carbons (Fsp3) is 0.0417. The van der Waals surface area contributed by atoms with Crippen LogP contribution >= 0.6 is 0 Å². The number of anilines is 1. The Labute approximate surface area is 187 Å². The normalized spacial score (nSPS) is 11.1. The summed E-state index contributed by atoms with van der Waals surface area (Å²) in [7, 11) is 1.55. The van der Waals surface area contributed by atoms with E-state index >= 15 is 0 Å². The van der Waals surface area contributed by atoms with Gasteiger partial charge >= 0.3 is 0 Å². The molecule has 3 aromatic carbocycles. The molecule has 0 spiro atoms. The number of hydrogen-bond donors (Lipinski definition) is 1. The first-order valence-electron chi connectivity index (χ1n) is 9.70. The Bertz CT molecular complexity index is 1430. The number of para-hydroxylation sites is 1. The van der Waals surface area contributed by atoms with Crippen molar-refractivity contribution in [2.24, 2.45) is 0 Å². The maximum absolute atomic E-state index is 12.8. The zero-order valence-electron chi connectivity index (χ0n) is 17.3. The average Bonchev–Trinajstić information content (AvgIpc) is 3.26. The predicted octanol–water partition coefficient (Wildman–Crippen LogP) is 4.96. The number of nitrogens with one attached hydrogen (secondary N) is 1. The molecule has 0 bridgehead atoms. The molecular formula is C24H16N4O5. The van der Waals surface area contributed by atoms with Crippen LogP contribution in [0.2, 0.25) is 0 Å². The summed E-state index contributed by atoms with van der Waals surface area (Å²) < 4.78 is 10.8. The van der Waals surface area contributed by atoms with Crippen LogP contribution < -0.4 is 10.1 Å². The third-order valence-electron chi connectivity index (χ3n) is 4.78. The highest BCUT2D eigenvalue weighted by Gasteiger charge is 2.17. The maximum Gasteiger partial charge on any atom is 0.273 e. The number of nitro groups is 1. The van der Waals surface area contributed by atoms with Crippen molar-refractivity contribution in [2.45, 2.75) is 0 Å². The molecule has 0 aliphatic rings. The van der Waals surface area contributed by atoms with Crippen LogP contribution in [0.25, 0.3) is 28.6 Å². The third-order valence-corrected chi connectivity index (χ3v) is 4.78. The fourth-order valence-electron chi connectivity index (χ4n) is 3.13. The monoisotopic (exact) mass is 440 g/mol. The Kier molecular flexibility index (Phi) is 5.82. The SMILES string of the molecule is COc1ccc(C=C(C#N)C(=O)Nc2ccccc2-c2nc3ccc([N+](=O)[O-])cc3o2)cc1. The Morgan fingerprint density at radius 1 is 1.18 bits per heavy atom. The van der Waals surface area contributed by atoms with E-state index in [1.54, 1.807) is 55.6 Å². The number of hydrogen-bond acceptors (Lipinski definition) is 7. The first kappa shape index (κ1) is 21.3. The summed E-state index contributed by atoms with van der Waals surface area (Å²) in [6.07, 6.45) is 1.47. The van der Waals surface area contributed by atoms with Gasteiger partial charge in [-0.25, -0.2) is 4.98 Å². The number of ether oxygens (including phenoxy) is 1. The van der Waals surface area contributed by atoms with E-state index < -0.39 is 10.8 Å². The lowest BCUT2D eigenvalue weighted by molar-refractivity contribution is -0.384. The maximum atomic E-state index is 12.8. The van der Waals surface area contributed by atoms with Crippen LogP contribution in [0.15, 0.2) is 76.7 Å². The van der Waals surface area contributed by atoms with Crippen molar-refractivity contribution >= 4 is 34.5 Å². The van der Waals surface area contributed by atoms with Crippen molar-refractivity contribution in [1.82, 2.24) is 4.98 Å². The van der Waals surface area contributed by atoms with Crippen LogP contribution in [-0.4, -0.2) is 22.9 Å². The van der Waals surface area contributed by atoms with Gasteiger partial charge in [-0.15, -0.1) is 0 Å². The molecule has 0 aliphatic heterocycles. The number of nitrogens with zero attached hydrogens (tertiary/aromatic N) is 3. The van der Waals surface area contributed by atoms with Crippen LogP contribution in [0.4, 0.5) is 11.4 Å². The second-order valence-corrected chi connectivity index (χ2v) is 6.87. The van der Waals surface area contributed by atoms with Gasteiger partial charge in [-0.1, -0.05) is 24.3 Å². The van der Waals surface area contributed by atoms with Gasteiger partial charge in [0.1, 0.15) is 22.9 Å². The number of non-ortho nitro benzene ring substituents is 1. The summed E-state index contributed by atoms with van der Waals surface area (Å²) in [5.41, 5.74) is 1.98. The summed E-state index contributed by atoms with van der Waals surface area (Å²) in [5.74, 6) is 0.235. The summed E-state index contributed by atoms with van der Waals surface area (Å²) >= 11 is 0. The highest BCUT2D eigenvalue weighted by Crippen LogP contribution is 2.31. The van der Waals surface area contributed by atoms with Crippen LogP contribution in [-0.2, 0) is 4.79 Å². The largest absolute Gasteiger partial charge is 0.497 e. The lowest BCUT2D eigenvalue weighted by atomic mass is 10.1. The van der Waals surface area contributed by atoms with E-state index in [0.717, 1.165) is 0 Å². The number of carbonyl (C=O) groups is 1. The molecule has 4 rings (SSSR count). The Morgan fingerprint density at radius 2 is 1.94 bits per heavy atom. The highest BCUT2D eigenvalue weighted by atomic mass is 16.6. The number of fused-ring (bicyclic) bond motifs is 1. The third kappa shape index (κ3) is 4.55. The minimum Gasteiger partial charge on any atom is -0.497 e. The smallest absolute Gasteiger partial charge is 0.273 e. The molecule has 1 amide bonds. The lowest BCUT2D eigenvalue weighted by Crippen LogP contribution is -2.14. The molecule has 0 atom stereocenters. The predicted molar refractivity (Wildman–Crippen MR) is 121 cm³/mol. The van der Waals surface area contributed by atoms with E-state index in [-0.39, 0.29) is 22.7 Å². The summed E-state index contributed by atoms with van der Waals surface area (Å²) in [6.45, 7) is 0. The Balaban J connectivity index is 1.64. The second kappa shape index (κ2) is 9.03. The first-order valence-corrected chi connectivity index (χ1v) is 9.70. The summed E-state index contributed by atoms with van der Waals surface area (Å²) in [5, 5.41) is 23.2. The summed E-state index contributed by atoms with van der Waals surface area (Å²) in [4.78, 5) is 27.7. The van der Waals surface area contributed by atoms with Crippen LogP contribution in [0.1, 0.15) is 5.56 Å². The topological polar surface area (TPSA) is 131 Å². The van der Waals surface area contributed by atoms with Crippen molar-refractivity contribution in [1.29, 1.82) is 5.26 Å². The molecule has 33 heavy (non-hydrogen) atoms. The molecule has 9 nitrogen and oxygen atoms in total. The van der Waals surface area contributed by atoms with E-state index in [2.05, 4.69) is 10.3 Å². The van der Waals surface area contributed by atoms with Crippen molar-refractivity contribution in [3.8, 4) is 23.3 Å². The Hall–Kier alpha value is -4.97. The number of nitro benzene ring substituents is 1. The lowest BCUT2D eigenvalue weighted by Gasteiger charge is -2.08. The number of nitriles is 1. The number of aromatic nitrogens is 1. The van der Waals surface area contributed by atoms with Crippen molar-refractivity contribution in [3.05, 3.63) is 88.0 Å². The molecule has 0 unspecified atom stereocenters. The van der Waals surface area contributed by atoms with E-state index in [1.165, 1.54) is 24.3 Å². The van der Waals surface area contributed by atoms with Gasteiger partial charge in [-0.3, -0.25) is 14.9 Å². The molecule has 0 radical (unpaired) electrons. The van der Waals surface area contributed by atoms with E-state index in [4.69, 9.17) is 9.15 Å². The van der Waals surface area contributed by atoms with Gasteiger partial charge in [0, 0.05) is 6.07 Å². The minimum atomic E-state index is -0.604. The highest BCUT2D eigenvalue weighted by molar-refractivity contribution is 6.11. The number of oxazole rings is 1. The van der Waals surface area contributed by atoms with Gasteiger partial charge in [0.05, 0.1) is 29.4 Å². The Morgan fingerprint density at radius 3 is 2.64 bits per heavy atom. The van der Waals surface area contributed by atoms with Crippen molar-refractivity contribution < 1.29 is 18.9 Å². The van der Waals surface area contributed by atoms with E-state index in [0.29, 0.717) is 28.1 Å². The van der Waals surface area contributed by atoms with Gasteiger partial charge < -0.3 is 14.5 Å². The molecular weight excluding hydrogens is 424 g/mol. The molecule has 4 aromatic rings.